The van der Waals surface area contributed by atoms with Crippen LogP contribution in [0.2, 0.25) is 0 Å². The van der Waals surface area contributed by atoms with E-state index in [-0.39, 0.29) is 0 Å². The zero-order chi connectivity index (χ0) is 16.0. The van der Waals surface area contributed by atoms with Crippen molar-refractivity contribution in [1.82, 2.24) is 15.0 Å². The highest BCUT2D eigenvalue weighted by molar-refractivity contribution is 5.91. The molecule has 1 aromatic carbocycles. The Kier molecular flexibility index (Phi) is 3.15. The minimum Gasteiger partial charge on any atom is -0.383 e. The van der Waals surface area contributed by atoms with Gasteiger partial charge >= 0.3 is 0 Å². The summed E-state index contributed by atoms with van der Waals surface area (Å²) < 4.78 is 0. The van der Waals surface area contributed by atoms with Gasteiger partial charge in [0.25, 0.3) is 0 Å². The second-order valence-electron chi connectivity index (χ2n) is 6.27. The van der Waals surface area contributed by atoms with E-state index < -0.39 is 0 Å². The van der Waals surface area contributed by atoms with Crippen LogP contribution in [-0.4, -0.2) is 29.0 Å². The molecule has 3 aromatic rings. The monoisotopic (exact) mass is 305 g/mol. The molecular weight excluding hydrogens is 286 g/mol. The number of nitrogen functional groups attached to an aromatic ring is 1. The molecule has 1 fully saturated rings. The highest BCUT2D eigenvalue weighted by atomic mass is 15.1. The number of nitrogens with zero attached hydrogens (tertiary/aromatic N) is 4. The zero-order valence-electron chi connectivity index (χ0n) is 13.3. The number of rotatable bonds is 3. The predicted octanol–water partition coefficient (Wildman–Crippen LogP) is 3.22. The standard InChI is InChI=1S/C18H19N5/c1-23(2)13-7-5-12(6-8-13)15-9-14(11-3-4-11)16-17(19)20-10-21-18(16)22-15/h5-11H,3-4H2,1-2H3,(H2,19,20,21,22). The molecule has 4 rings (SSSR count). The maximum Gasteiger partial charge on any atom is 0.165 e. The van der Waals surface area contributed by atoms with Crippen LogP contribution in [0.4, 0.5) is 11.5 Å². The quantitative estimate of drug-likeness (QED) is 0.804. The minimum atomic E-state index is 0.527. The smallest absolute Gasteiger partial charge is 0.165 e. The molecule has 23 heavy (non-hydrogen) atoms. The normalized spacial score (nSPS) is 14.2. The second-order valence-corrected chi connectivity index (χ2v) is 6.27. The number of aromatic nitrogens is 3. The second kappa shape index (κ2) is 5.19. The van der Waals surface area contributed by atoms with Crippen LogP contribution in [0.1, 0.15) is 24.3 Å². The molecule has 0 unspecified atom stereocenters. The number of hydrogen-bond donors (Lipinski definition) is 1. The molecule has 0 atom stereocenters. The fourth-order valence-electron chi connectivity index (χ4n) is 2.91. The average molecular weight is 305 g/mol. The summed E-state index contributed by atoms with van der Waals surface area (Å²) in [5.41, 5.74) is 11.2. The summed E-state index contributed by atoms with van der Waals surface area (Å²) in [6.45, 7) is 0. The van der Waals surface area contributed by atoms with Gasteiger partial charge in [-0.3, -0.25) is 0 Å². The van der Waals surface area contributed by atoms with Gasteiger partial charge in [0.15, 0.2) is 5.65 Å². The molecule has 5 heteroatoms. The topological polar surface area (TPSA) is 67.9 Å². The highest BCUT2D eigenvalue weighted by Crippen LogP contribution is 2.44. The first-order valence-corrected chi connectivity index (χ1v) is 7.82. The van der Waals surface area contributed by atoms with E-state index in [1.165, 1.54) is 30.4 Å². The lowest BCUT2D eigenvalue weighted by Gasteiger charge is -2.13. The first-order valence-electron chi connectivity index (χ1n) is 7.82. The van der Waals surface area contributed by atoms with E-state index >= 15 is 0 Å². The van der Waals surface area contributed by atoms with Crippen molar-refractivity contribution in [2.45, 2.75) is 18.8 Å². The lowest BCUT2D eigenvalue weighted by Crippen LogP contribution is -2.08. The Hall–Kier alpha value is -2.69. The van der Waals surface area contributed by atoms with Gasteiger partial charge in [0.2, 0.25) is 0 Å². The highest BCUT2D eigenvalue weighted by Gasteiger charge is 2.27. The van der Waals surface area contributed by atoms with Crippen molar-refractivity contribution >= 4 is 22.5 Å². The molecule has 0 bridgehead atoms. The molecule has 2 aromatic heterocycles. The fraction of sp³-hybridized carbons (Fsp3) is 0.278. The molecule has 0 spiro atoms. The Labute approximate surface area is 135 Å². The molecule has 2 heterocycles. The number of fused-ring (bicyclic) bond motifs is 1. The summed E-state index contributed by atoms with van der Waals surface area (Å²) in [5.74, 6) is 1.09. The van der Waals surface area contributed by atoms with Crippen molar-refractivity contribution in [3.63, 3.8) is 0 Å². The van der Waals surface area contributed by atoms with Gasteiger partial charge in [-0.2, -0.15) is 0 Å². The van der Waals surface area contributed by atoms with Gasteiger partial charge < -0.3 is 10.6 Å². The summed E-state index contributed by atoms with van der Waals surface area (Å²) in [6, 6.07) is 10.6. The molecule has 0 radical (unpaired) electrons. The van der Waals surface area contributed by atoms with Gasteiger partial charge in [-0.25, -0.2) is 15.0 Å². The van der Waals surface area contributed by atoms with E-state index in [4.69, 9.17) is 10.7 Å². The third-order valence-corrected chi connectivity index (χ3v) is 4.36. The van der Waals surface area contributed by atoms with E-state index in [0.29, 0.717) is 17.4 Å². The summed E-state index contributed by atoms with van der Waals surface area (Å²) in [5, 5.41) is 0.920. The fourth-order valence-corrected chi connectivity index (χ4v) is 2.91. The van der Waals surface area contributed by atoms with Crippen molar-refractivity contribution in [2.24, 2.45) is 0 Å². The van der Waals surface area contributed by atoms with Gasteiger partial charge in [-0.15, -0.1) is 0 Å². The Balaban J connectivity index is 1.87. The first-order chi connectivity index (χ1) is 11.1. The Bertz CT molecular complexity index is 866. The van der Waals surface area contributed by atoms with Crippen LogP contribution >= 0.6 is 0 Å². The molecule has 1 aliphatic carbocycles. The third-order valence-electron chi connectivity index (χ3n) is 4.36. The molecule has 5 nitrogen and oxygen atoms in total. The maximum atomic E-state index is 6.07. The van der Waals surface area contributed by atoms with Crippen molar-refractivity contribution < 1.29 is 0 Å². The average Bonchev–Trinajstić information content (AvgIpc) is 3.39. The Morgan fingerprint density at radius 1 is 1.09 bits per heavy atom. The summed E-state index contributed by atoms with van der Waals surface area (Å²) in [6.07, 6.45) is 3.89. The lowest BCUT2D eigenvalue weighted by atomic mass is 10.0. The molecule has 1 aliphatic rings. The van der Waals surface area contributed by atoms with Gasteiger partial charge in [-0.1, -0.05) is 12.1 Å². The minimum absolute atomic E-state index is 0.527. The van der Waals surface area contributed by atoms with Crippen LogP contribution in [0.25, 0.3) is 22.3 Å². The summed E-state index contributed by atoms with van der Waals surface area (Å²) in [4.78, 5) is 15.3. The number of hydrogen-bond acceptors (Lipinski definition) is 5. The Morgan fingerprint density at radius 3 is 2.48 bits per heavy atom. The van der Waals surface area contributed by atoms with Gasteiger partial charge in [0.1, 0.15) is 12.1 Å². The zero-order valence-corrected chi connectivity index (χ0v) is 13.3. The molecule has 1 saturated carbocycles. The van der Waals surface area contributed by atoms with E-state index in [9.17, 15) is 0 Å². The van der Waals surface area contributed by atoms with Crippen molar-refractivity contribution in [3.8, 4) is 11.3 Å². The van der Waals surface area contributed by atoms with Crippen LogP contribution < -0.4 is 10.6 Å². The van der Waals surface area contributed by atoms with Gasteiger partial charge in [0.05, 0.1) is 11.1 Å². The van der Waals surface area contributed by atoms with Crippen LogP contribution in [0.15, 0.2) is 36.7 Å². The summed E-state index contributed by atoms with van der Waals surface area (Å²) in [7, 11) is 4.07. The van der Waals surface area contributed by atoms with Crippen molar-refractivity contribution in [1.29, 1.82) is 0 Å². The summed E-state index contributed by atoms with van der Waals surface area (Å²) >= 11 is 0. The van der Waals surface area contributed by atoms with Crippen LogP contribution in [0, 0.1) is 0 Å². The van der Waals surface area contributed by atoms with Crippen LogP contribution in [-0.2, 0) is 0 Å². The SMILES string of the molecule is CN(C)c1ccc(-c2cc(C3CC3)c3c(N)ncnc3n2)cc1. The van der Waals surface area contributed by atoms with E-state index in [1.54, 1.807) is 0 Å². The van der Waals surface area contributed by atoms with Crippen LogP contribution in [0.3, 0.4) is 0 Å². The maximum absolute atomic E-state index is 6.07. The van der Waals surface area contributed by atoms with E-state index in [1.807, 2.05) is 14.1 Å². The molecule has 116 valence electrons. The van der Waals surface area contributed by atoms with E-state index in [0.717, 1.165) is 16.6 Å². The third kappa shape index (κ3) is 2.48. The van der Waals surface area contributed by atoms with Gasteiger partial charge in [0, 0.05) is 25.3 Å². The number of pyridine rings is 1. The van der Waals surface area contributed by atoms with Crippen LogP contribution in [0.5, 0.6) is 0 Å². The Morgan fingerprint density at radius 2 is 1.83 bits per heavy atom. The van der Waals surface area contributed by atoms with E-state index in [2.05, 4.69) is 45.2 Å². The number of benzene rings is 1. The predicted molar refractivity (Wildman–Crippen MR) is 93.5 cm³/mol. The lowest BCUT2D eigenvalue weighted by molar-refractivity contribution is 1.11. The molecule has 0 amide bonds. The molecular formula is C18H19N5. The molecule has 0 aliphatic heterocycles. The van der Waals surface area contributed by atoms with Crippen molar-refractivity contribution in [3.05, 3.63) is 42.2 Å². The first kappa shape index (κ1) is 13.9. The number of nitrogens with two attached hydrogens (primary N) is 1. The number of anilines is 2. The van der Waals surface area contributed by atoms with Gasteiger partial charge in [-0.05, 0) is 42.5 Å². The largest absolute Gasteiger partial charge is 0.383 e. The van der Waals surface area contributed by atoms with Crippen molar-refractivity contribution in [2.75, 3.05) is 24.7 Å². The molecule has 0 saturated heterocycles. The molecule has 2 N–H and O–H groups in total.